The van der Waals surface area contributed by atoms with Gasteiger partial charge in [-0.1, -0.05) is 51.3 Å². The smallest absolute Gasteiger partial charge is 0.332 e. The summed E-state index contributed by atoms with van der Waals surface area (Å²) in [6.07, 6.45) is 1.38. The molecule has 2 aliphatic heterocycles. The first kappa shape index (κ1) is 31.4. The van der Waals surface area contributed by atoms with Gasteiger partial charge in [0.25, 0.3) is 21.8 Å². The molecule has 0 saturated carbocycles. The monoisotopic (exact) mass is 713 g/mol. The van der Waals surface area contributed by atoms with E-state index in [1.807, 2.05) is 24.3 Å². The molecule has 2 amide bonds. The number of aromatic nitrogens is 2. The van der Waals surface area contributed by atoms with Crippen LogP contribution in [0.5, 0.6) is 0 Å². The fourth-order valence-corrected chi connectivity index (χ4v) is 7.59. The molecule has 0 spiro atoms. The molecular formula is C27H26BrCl2N5O7S. The number of ether oxygens (including phenoxy) is 1. The Morgan fingerprint density at radius 3 is 2.30 bits per heavy atom. The SMILES string of the molecule is C[C@@]1(Cc2ccc(Br)cc2)C(=O)N(c2cc(Cl)cc(Cl)c2)c2ncc(S(=O)(=O)N3CCN(C(=O)COC(=O)CO)CC3)n21. The molecule has 1 aromatic heterocycles. The molecule has 12 nitrogen and oxygen atoms in total. The van der Waals surface area contributed by atoms with E-state index in [0.717, 1.165) is 10.0 Å². The minimum atomic E-state index is -4.20. The maximum atomic E-state index is 14.2. The van der Waals surface area contributed by atoms with Crippen LogP contribution in [-0.4, -0.2) is 89.5 Å². The Kier molecular flexibility index (Phi) is 8.89. The van der Waals surface area contributed by atoms with E-state index in [2.05, 4.69) is 25.7 Å². The minimum absolute atomic E-state index is 0.0342. The number of nitrogens with zero attached hydrogens (tertiary/aromatic N) is 5. The predicted molar refractivity (Wildman–Crippen MR) is 161 cm³/mol. The molecule has 3 aromatic rings. The van der Waals surface area contributed by atoms with Crippen LogP contribution in [0.15, 0.2) is 58.2 Å². The summed E-state index contributed by atoms with van der Waals surface area (Å²) < 4.78 is 36.3. The third-order valence-electron chi connectivity index (χ3n) is 7.32. The summed E-state index contributed by atoms with van der Waals surface area (Å²) in [6.45, 7) is 0.303. The van der Waals surface area contributed by atoms with Gasteiger partial charge in [-0.05, 0) is 42.8 Å². The van der Waals surface area contributed by atoms with Crippen molar-refractivity contribution in [2.24, 2.45) is 0 Å². The van der Waals surface area contributed by atoms with Gasteiger partial charge in [-0.2, -0.15) is 4.31 Å². The van der Waals surface area contributed by atoms with Crippen molar-refractivity contribution in [3.05, 3.63) is 68.7 Å². The second-order valence-electron chi connectivity index (χ2n) is 10.2. The van der Waals surface area contributed by atoms with Crippen LogP contribution in [0.4, 0.5) is 11.6 Å². The Morgan fingerprint density at radius 1 is 1.07 bits per heavy atom. The molecule has 43 heavy (non-hydrogen) atoms. The number of carbonyl (C=O) groups excluding carboxylic acids is 3. The lowest BCUT2D eigenvalue weighted by Crippen LogP contribution is -2.52. The van der Waals surface area contributed by atoms with Crippen molar-refractivity contribution < 1.29 is 32.6 Å². The molecule has 2 aromatic carbocycles. The van der Waals surface area contributed by atoms with Crippen molar-refractivity contribution in [3.8, 4) is 0 Å². The summed E-state index contributed by atoms with van der Waals surface area (Å²) in [7, 11) is -4.20. The molecule has 1 atom stereocenters. The van der Waals surface area contributed by atoms with Crippen molar-refractivity contribution in [2.45, 2.75) is 23.9 Å². The molecule has 0 aliphatic carbocycles. The molecule has 2 aliphatic rings. The number of aliphatic hydroxyl groups excluding tert-OH is 1. The second kappa shape index (κ2) is 12.2. The number of sulfonamides is 1. The number of fused-ring (bicyclic) bond motifs is 1. The van der Waals surface area contributed by atoms with Crippen molar-refractivity contribution in [2.75, 3.05) is 44.3 Å². The molecule has 228 valence electrons. The van der Waals surface area contributed by atoms with Gasteiger partial charge in [0.1, 0.15) is 12.1 Å². The van der Waals surface area contributed by atoms with Gasteiger partial charge in [-0.3, -0.25) is 14.2 Å². The Balaban J connectivity index is 1.49. The number of halogens is 3. The van der Waals surface area contributed by atoms with Crippen LogP contribution in [0.1, 0.15) is 12.5 Å². The van der Waals surface area contributed by atoms with E-state index in [9.17, 15) is 22.8 Å². The number of hydrogen-bond acceptors (Lipinski definition) is 8. The first-order chi connectivity index (χ1) is 20.3. The number of esters is 1. The van der Waals surface area contributed by atoms with E-state index >= 15 is 0 Å². The number of carbonyl (C=O) groups is 3. The van der Waals surface area contributed by atoms with Crippen molar-refractivity contribution in [1.29, 1.82) is 0 Å². The third kappa shape index (κ3) is 6.04. The summed E-state index contributed by atoms with van der Waals surface area (Å²) in [6, 6.07) is 12.0. The van der Waals surface area contributed by atoms with Crippen LogP contribution >= 0.6 is 39.1 Å². The molecular weight excluding hydrogens is 689 g/mol. The number of piperazine rings is 1. The van der Waals surface area contributed by atoms with Crippen molar-refractivity contribution in [1.82, 2.24) is 18.8 Å². The maximum Gasteiger partial charge on any atom is 0.332 e. The van der Waals surface area contributed by atoms with E-state index in [-0.39, 0.29) is 43.6 Å². The Bertz CT molecular complexity index is 1670. The van der Waals surface area contributed by atoms with Gasteiger partial charge in [0.2, 0.25) is 5.95 Å². The quantitative estimate of drug-likeness (QED) is 0.351. The largest absolute Gasteiger partial charge is 0.454 e. The highest BCUT2D eigenvalue weighted by Gasteiger charge is 2.52. The lowest BCUT2D eigenvalue weighted by Gasteiger charge is -2.34. The standard InChI is InChI=1S/C27H26BrCl2N5O7S/c1-27(13-17-2-4-18(28)5-3-17)25(39)34(21-11-19(29)10-20(30)12-21)26-31-14-23(35(26)27)43(40,41)33-8-6-32(7-9-33)22(37)16-42-24(38)15-36/h2-5,10-12,14,36H,6-9,13,15-16H2,1H3/t27-/m1/s1. The summed E-state index contributed by atoms with van der Waals surface area (Å²) in [5.74, 6) is -1.76. The van der Waals surface area contributed by atoms with E-state index < -0.39 is 46.6 Å². The number of rotatable bonds is 8. The molecule has 3 heterocycles. The zero-order valence-corrected chi connectivity index (χ0v) is 26.7. The lowest BCUT2D eigenvalue weighted by molar-refractivity contribution is -0.154. The number of benzene rings is 2. The number of aliphatic hydroxyl groups is 1. The van der Waals surface area contributed by atoms with Gasteiger partial charge in [-0.15, -0.1) is 0 Å². The Morgan fingerprint density at radius 2 is 1.70 bits per heavy atom. The predicted octanol–water partition coefficient (Wildman–Crippen LogP) is 2.96. The molecule has 0 unspecified atom stereocenters. The number of imidazole rings is 1. The average molecular weight is 715 g/mol. The minimum Gasteiger partial charge on any atom is -0.454 e. The highest BCUT2D eigenvalue weighted by atomic mass is 79.9. The summed E-state index contributed by atoms with van der Waals surface area (Å²) in [4.78, 5) is 44.9. The number of anilines is 2. The van der Waals surface area contributed by atoms with Crippen LogP contribution in [0.25, 0.3) is 0 Å². The molecule has 0 bridgehead atoms. The van der Waals surface area contributed by atoms with Crippen LogP contribution in [0.2, 0.25) is 10.0 Å². The van der Waals surface area contributed by atoms with Gasteiger partial charge < -0.3 is 14.7 Å². The molecule has 1 saturated heterocycles. The normalized spacial score (nSPS) is 19.0. The first-order valence-electron chi connectivity index (χ1n) is 13.0. The van der Waals surface area contributed by atoms with E-state index in [1.165, 1.54) is 30.9 Å². The summed E-state index contributed by atoms with van der Waals surface area (Å²) in [5.41, 5.74) is -0.264. The van der Waals surface area contributed by atoms with Gasteiger partial charge in [0.05, 0.1) is 11.9 Å². The molecule has 1 fully saturated rings. The molecule has 1 N–H and O–H groups in total. The Labute approximate surface area is 265 Å². The fourth-order valence-electron chi connectivity index (χ4n) is 5.20. The van der Waals surface area contributed by atoms with Crippen molar-refractivity contribution >= 4 is 78.6 Å². The first-order valence-corrected chi connectivity index (χ1v) is 16.0. The average Bonchev–Trinajstić information content (AvgIpc) is 3.50. The molecule has 5 rings (SSSR count). The second-order valence-corrected chi connectivity index (χ2v) is 13.9. The molecule has 16 heteroatoms. The van der Waals surface area contributed by atoms with Crippen LogP contribution in [0.3, 0.4) is 0 Å². The van der Waals surface area contributed by atoms with E-state index in [0.29, 0.717) is 15.7 Å². The van der Waals surface area contributed by atoms with Crippen LogP contribution in [0, 0.1) is 0 Å². The maximum absolute atomic E-state index is 14.2. The van der Waals surface area contributed by atoms with Gasteiger partial charge in [0.15, 0.2) is 11.6 Å². The van der Waals surface area contributed by atoms with Gasteiger partial charge in [-0.25, -0.2) is 23.1 Å². The zero-order valence-electron chi connectivity index (χ0n) is 22.7. The zero-order chi connectivity index (χ0) is 31.1. The topological polar surface area (TPSA) is 142 Å². The highest BCUT2D eigenvalue weighted by Crippen LogP contribution is 2.45. The lowest BCUT2D eigenvalue weighted by atomic mass is 9.92. The van der Waals surface area contributed by atoms with Crippen LogP contribution in [-0.2, 0) is 41.1 Å². The number of amides is 2. The third-order valence-corrected chi connectivity index (χ3v) is 10.1. The number of hydrogen-bond donors (Lipinski definition) is 1. The van der Waals surface area contributed by atoms with E-state index in [4.69, 9.17) is 28.3 Å². The fraction of sp³-hybridized carbons (Fsp3) is 0.333. The van der Waals surface area contributed by atoms with Gasteiger partial charge in [0, 0.05) is 47.1 Å². The van der Waals surface area contributed by atoms with E-state index in [1.54, 1.807) is 19.1 Å². The summed E-state index contributed by atoms with van der Waals surface area (Å²) >= 11 is 15.9. The summed E-state index contributed by atoms with van der Waals surface area (Å²) in [5, 5.41) is 9.18. The molecule has 0 radical (unpaired) electrons. The van der Waals surface area contributed by atoms with Crippen molar-refractivity contribution in [3.63, 3.8) is 0 Å². The highest BCUT2D eigenvalue weighted by molar-refractivity contribution is 9.10. The van der Waals surface area contributed by atoms with Crippen LogP contribution < -0.4 is 4.90 Å². The Hall–Kier alpha value is -3.01. The van der Waals surface area contributed by atoms with Gasteiger partial charge >= 0.3 is 5.97 Å².